The van der Waals surface area contributed by atoms with Gasteiger partial charge in [-0.3, -0.25) is 0 Å². The Morgan fingerprint density at radius 1 is 1.00 bits per heavy atom. The van der Waals surface area contributed by atoms with Crippen LogP contribution in [0.15, 0.2) is 42.5 Å². The van der Waals surface area contributed by atoms with Crippen molar-refractivity contribution in [2.24, 2.45) is 0 Å². The summed E-state index contributed by atoms with van der Waals surface area (Å²) in [7, 11) is 1.61. The minimum Gasteiger partial charge on any atom is -0.497 e. The summed E-state index contributed by atoms with van der Waals surface area (Å²) in [6, 6.07) is 10.6. The maximum Gasteiger partial charge on any atom is 0.126 e. The molecule has 0 saturated heterocycles. The predicted octanol–water partition coefficient (Wildman–Crippen LogP) is 3.70. The largest absolute Gasteiger partial charge is 0.497 e. The Kier molecular flexibility index (Phi) is 5.72. The summed E-state index contributed by atoms with van der Waals surface area (Å²) in [5, 5.41) is 3.16. The highest BCUT2D eigenvalue weighted by atomic mass is 19.1. The topological polar surface area (TPSA) is 30.5 Å². The summed E-state index contributed by atoms with van der Waals surface area (Å²) in [4.78, 5) is 0. The minimum absolute atomic E-state index is 0.162. The van der Waals surface area contributed by atoms with Gasteiger partial charge in [-0.05, 0) is 48.9 Å². The summed E-state index contributed by atoms with van der Waals surface area (Å²) < 4.78 is 37.0. The van der Waals surface area contributed by atoms with E-state index in [9.17, 15) is 8.78 Å². The Bertz CT molecular complexity index is 582. The van der Waals surface area contributed by atoms with Gasteiger partial charge in [-0.1, -0.05) is 0 Å². The van der Waals surface area contributed by atoms with Crippen molar-refractivity contribution >= 4 is 0 Å². The van der Waals surface area contributed by atoms with Crippen LogP contribution in [0.2, 0.25) is 0 Å². The molecule has 1 atom stereocenters. The quantitative estimate of drug-likeness (QED) is 0.791. The third-order valence-corrected chi connectivity index (χ3v) is 3.27. The van der Waals surface area contributed by atoms with E-state index in [4.69, 9.17) is 9.47 Å². The first kappa shape index (κ1) is 16.2. The molecular formula is C17H19F2NO2. The molecule has 0 aliphatic carbocycles. The second-order valence-corrected chi connectivity index (χ2v) is 4.90. The molecule has 3 nitrogen and oxygen atoms in total. The fourth-order valence-corrected chi connectivity index (χ4v) is 2.06. The highest BCUT2D eigenvalue weighted by Crippen LogP contribution is 2.17. The Labute approximate surface area is 128 Å². The summed E-state index contributed by atoms with van der Waals surface area (Å²) in [5.41, 5.74) is 0.571. The fourth-order valence-electron chi connectivity index (χ4n) is 2.06. The predicted molar refractivity (Wildman–Crippen MR) is 81.3 cm³/mol. The maximum absolute atomic E-state index is 13.2. The molecule has 2 aromatic rings. The maximum atomic E-state index is 13.2. The number of rotatable bonds is 7. The molecule has 0 aliphatic heterocycles. The third kappa shape index (κ3) is 4.70. The molecule has 5 heteroatoms. The van der Waals surface area contributed by atoms with Crippen LogP contribution in [0, 0.1) is 11.6 Å². The molecule has 0 saturated carbocycles. The average molecular weight is 307 g/mol. The van der Waals surface area contributed by atoms with Crippen molar-refractivity contribution in [2.75, 3.05) is 20.3 Å². The van der Waals surface area contributed by atoms with Crippen LogP contribution in [-0.4, -0.2) is 20.3 Å². The average Bonchev–Trinajstić information content (AvgIpc) is 2.51. The van der Waals surface area contributed by atoms with E-state index in [-0.39, 0.29) is 6.04 Å². The molecule has 2 aromatic carbocycles. The van der Waals surface area contributed by atoms with Crippen molar-refractivity contribution < 1.29 is 18.3 Å². The van der Waals surface area contributed by atoms with E-state index in [1.165, 1.54) is 12.1 Å². The van der Waals surface area contributed by atoms with Gasteiger partial charge < -0.3 is 14.8 Å². The van der Waals surface area contributed by atoms with Crippen LogP contribution in [0.4, 0.5) is 8.78 Å². The Hall–Kier alpha value is -2.14. The first-order valence-corrected chi connectivity index (χ1v) is 7.04. The van der Waals surface area contributed by atoms with Gasteiger partial charge in [0, 0.05) is 18.7 Å². The number of hydrogen-bond acceptors (Lipinski definition) is 3. The number of benzene rings is 2. The van der Waals surface area contributed by atoms with E-state index in [1.807, 2.05) is 31.2 Å². The second-order valence-electron chi connectivity index (χ2n) is 4.90. The molecule has 0 heterocycles. The molecule has 0 unspecified atom stereocenters. The van der Waals surface area contributed by atoms with Gasteiger partial charge >= 0.3 is 0 Å². The van der Waals surface area contributed by atoms with E-state index < -0.39 is 11.6 Å². The van der Waals surface area contributed by atoms with E-state index in [0.29, 0.717) is 18.7 Å². The Balaban J connectivity index is 1.77. The number of hydrogen-bond donors (Lipinski definition) is 1. The summed E-state index contributed by atoms with van der Waals surface area (Å²) >= 11 is 0. The minimum atomic E-state index is -0.571. The van der Waals surface area contributed by atoms with Gasteiger partial charge in [0.1, 0.15) is 29.7 Å². The molecule has 0 bridgehead atoms. The first-order chi connectivity index (χ1) is 10.6. The van der Waals surface area contributed by atoms with Crippen LogP contribution < -0.4 is 14.8 Å². The lowest BCUT2D eigenvalue weighted by atomic mass is 10.1. The molecule has 0 amide bonds. The van der Waals surface area contributed by atoms with Crippen LogP contribution in [0.5, 0.6) is 11.5 Å². The summed E-state index contributed by atoms with van der Waals surface area (Å²) in [6.45, 7) is 2.86. The lowest BCUT2D eigenvalue weighted by Gasteiger charge is -2.15. The van der Waals surface area contributed by atoms with Crippen LogP contribution in [0.25, 0.3) is 0 Å². The highest BCUT2D eigenvalue weighted by molar-refractivity contribution is 5.31. The number of halogens is 2. The zero-order valence-electron chi connectivity index (χ0n) is 12.6. The molecule has 0 aliphatic rings. The molecular weight excluding hydrogens is 288 g/mol. The molecule has 2 rings (SSSR count). The van der Waals surface area contributed by atoms with Crippen LogP contribution in [-0.2, 0) is 0 Å². The molecule has 22 heavy (non-hydrogen) atoms. The van der Waals surface area contributed by atoms with Crippen molar-refractivity contribution in [1.29, 1.82) is 0 Å². The van der Waals surface area contributed by atoms with E-state index in [0.717, 1.165) is 17.6 Å². The Morgan fingerprint density at radius 3 is 2.18 bits per heavy atom. The first-order valence-electron chi connectivity index (χ1n) is 7.04. The lowest BCUT2D eigenvalue weighted by molar-refractivity contribution is 0.307. The van der Waals surface area contributed by atoms with Gasteiger partial charge in [0.25, 0.3) is 0 Å². The number of methoxy groups -OCH3 is 1. The summed E-state index contributed by atoms with van der Waals surface area (Å²) in [6.07, 6.45) is 0. The SMILES string of the molecule is COc1ccc(OCCN[C@@H](C)c2cc(F)cc(F)c2)cc1. The van der Waals surface area contributed by atoms with Gasteiger partial charge in [-0.15, -0.1) is 0 Å². The van der Waals surface area contributed by atoms with Crippen LogP contribution in [0.1, 0.15) is 18.5 Å². The lowest BCUT2D eigenvalue weighted by Crippen LogP contribution is -2.24. The zero-order valence-corrected chi connectivity index (χ0v) is 12.6. The molecule has 0 fully saturated rings. The van der Waals surface area contributed by atoms with E-state index in [1.54, 1.807) is 7.11 Å². The molecule has 1 N–H and O–H groups in total. The van der Waals surface area contributed by atoms with E-state index >= 15 is 0 Å². The molecule has 0 radical (unpaired) electrons. The van der Waals surface area contributed by atoms with Crippen LogP contribution in [0.3, 0.4) is 0 Å². The van der Waals surface area contributed by atoms with Gasteiger partial charge in [0.2, 0.25) is 0 Å². The van der Waals surface area contributed by atoms with Crippen molar-refractivity contribution in [3.8, 4) is 11.5 Å². The van der Waals surface area contributed by atoms with Crippen LogP contribution >= 0.6 is 0 Å². The van der Waals surface area contributed by atoms with Crippen molar-refractivity contribution in [3.05, 3.63) is 59.7 Å². The fraction of sp³-hybridized carbons (Fsp3) is 0.294. The number of ether oxygens (including phenoxy) is 2. The smallest absolute Gasteiger partial charge is 0.126 e. The molecule has 0 spiro atoms. The standard InChI is InChI=1S/C17H19F2NO2/c1-12(13-9-14(18)11-15(19)10-13)20-7-8-22-17-5-3-16(21-2)4-6-17/h3-6,9-12,20H,7-8H2,1-2H3/t12-/m0/s1. The highest BCUT2D eigenvalue weighted by Gasteiger charge is 2.08. The number of nitrogens with one attached hydrogen (secondary N) is 1. The molecule has 118 valence electrons. The van der Waals surface area contributed by atoms with Crippen molar-refractivity contribution in [3.63, 3.8) is 0 Å². The van der Waals surface area contributed by atoms with E-state index in [2.05, 4.69) is 5.32 Å². The van der Waals surface area contributed by atoms with Gasteiger partial charge in [0.15, 0.2) is 0 Å². The van der Waals surface area contributed by atoms with Crippen molar-refractivity contribution in [1.82, 2.24) is 5.32 Å². The van der Waals surface area contributed by atoms with Gasteiger partial charge in [-0.25, -0.2) is 8.78 Å². The third-order valence-electron chi connectivity index (χ3n) is 3.27. The van der Waals surface area contributed by atoms with Gasteiger partial charge in [-0.2, -0.15) is 0 Å². The van der Waals surface area contributed by atoms with Gasteiger partial charge in [0.05, 0.1) is 7.11 Å². The monoisotopic (exact) mass is 307 g/mol. The van der Waals surface area contributed by atoms with Crippen molar-refractivity contribution in [2.45, 2.75) is 13.0 Å². The summed E-state index contributed by atoms with van der Waals surface area (Å²) in [5.74, 6) is 0.371. The molecule has 0 aromatic heterocycles. The Morgan fingerprint density at radius 2 is 1.59 bits per heavy atom. The zero-order chi connectivity index (χ0) is 15.9. The second kappa shape index (κ2) is 7.75. The normalized spacial score (nSPS) is 12.0.